The SMILES string of the molecule is CNC(=O)c1nnsc1C(=O)C(=O)Nc1c(Cl)cccc1Cl. The lowest BCUT2D eigenvalue weighted by Crippen LogP contribution is -2.26. The predicted molar refractivity (Wildman–Crippen MR) is 82.7 cm³/mol. The van der Waals surface area contributed by atoms with Crippen LogP contribution in [0.1, 0.15) is 20.2 Å². The smallest absolute Gasteiger partial charge is 0.297 e. The molecule has 0 atom stereocenters. The standard InChI is InChI=1S/C12H8Cl2N4O3S/c1-15-11(20)8-10(22-18-17-8)9(19)12(21)16-7-5(13)3-2-4-6(7)14/h2-4H,1H3,(H,15,20)(H,16,21). The molecule has 0 saturated heterocycles. The van der Waals surface area contributed by atoms with Crippen LogP contribution in [0.4, 0.5) is 5.69 Å². The number of hydrogen-bond donors (Lipinski definition) is 2. The van der Waals surface area contributed by atoms with Gasteiger partial charge in [-0.25, -0.2) is 0 Å². The zero-order chi connectivity index (χ0) is 16.3. The number of ketones is 1. The molecule has 0 fully saturated rings. The van der Waals surface area contributed by atoms with Crippen LogP contribution in [0.15, 0.2) is 18.2 Å². The first-order valence-electron chi connectivity index (χ1n) is 5.79. The van der Waals surface area contributed by atoms with E-state index in [1.54, 1.807) is 6.07 Å². The fraction of sp³-hybridized carbons (Fsp3) is 0.0833. The Morgan fingerprint density at radius 3 is 2.41 bits per heavy atom. The summed E-state index contributed by atoms with van der Waals surface area (Å²) >= 11 is 12.5. The summed E-state index contributed by atoms with van der Waals surface area (Å²) in [6.45, 7) is 0. The summed E-state index contributed by atoms with van der Waals surface area (Å²) < 4.78 is 3.51. The van der Waals surface area contributed by atoms with Crippen LogP contribution in [-0.2, 0) is 4.79 Å². The number of aromatic nitrogens is 2. The van der Waals surface area contributed by atoms with Gasteiger partial charge in [0.05, 0.1) is 15.7 Å². The number of para-hydroxylation sites is 1. The van der Waals surface area contributed by atoms with Crippen LogP contribution >= 0.6 is 34.7 Å². The quantitative estimate of drug-likeness (QED) is 0.643. The molecule has 114 valence electrons. The van der Waals surface area contributed by atoms with Crippen molar-refractivity contribution >= 4 is 58.0 Å². The highest BCUT2D eigenvalue weighted by molar-refractivity contribution is 7.09. The van der Waals surface area contributed by atoms with E-state index in [0.717, 1.165) is 0 Å². The Kier molecular flexibility index (Phi) is 5.07. The van der Waals surface area contributed by atoms with Gasteiger partial charge in [0.15, 0.2) is 5.69 Å². The first-order chi connectivity index (χ1) is 10.5. The maximum atomic E-state index is 12.1. The average Bonchev–Trinajstić information content (AvgIpc) is 2.98. The number of benzene rings is 1. The van der Waals surface area contributed by atoms with Crippen molar-refractivity contribution in [3.05, 3.63) is 38.8 Å². The van der Waals surface area contributed by atoms with E-state index in [2.05, 4.69) is 20.2 Å². The number of amides is 2. The Balaban J connectivity index is 2.26. The number of anilines is 1. The Labute approximate surface area is 138 Å². The van der Waals surface area contributed by atoms with Gasteiger partial charge in [0.25, 0.3) is 17.6 Å². The highest BCUT2D eigenvalue weighted by atomic mass is 35.5. The molecule has 1 aromatic carbocycles. The largest absolute Gasteiger partial charge is 0.354 e. The molecule has 0 aliphatic rings. The molecule has 0 aliphatic heterocycles. The lowest BCUT2D eigenvalue weighted by Gasteiger charge is -2.07. The van der Waals surface area contributed by atoms with Gasteiger partial charge in [0, 0.05) is 7.05 Å². The first kappa shape index (κ1) is 16.3. The summed E-state index contributed by atoms with van der Waals surface area (Å²) in [5, 5.41) is 8.53. The zero-order valence-electron chi connectivity index (χ0n) is 11.0. The minimum absolute atomic E-state index is 0.114. The number of halogens is 2. The van der Waals surface area contributed by atoms with Crippen molar-refractivity contribution in [3.63, 3.8) is 0 Å². The van der Waals surface area contributed by atoms with E-state index in [0.29, 0.717) is 11.5 Å². The third-order valence-corrected chi connectivity index (χ3v) is 3.90. The fourth-order valence-electron chi connectivity index (χ4n) is 1.50. The number of carbonyl (C=O) groups excluding carboxylic acids is 3. The van der Waals surface area contributed by atoms with E-state index in [-0.39, 0.29) is 26.3 Å². The molecule has 2 N–H and O–H groups in total. The van der Waals surface area contributed by atoms with Crippen molar-refractivity contribution in [3.8, 4) is 0 Å². The molecule has 22 heavy (non-hydrogen) atoms. The monoisotopic (exact) mass is 358 g/mol. The van der Waals surface area contributed by atoms with Crippen molar-refractivity contribution in [2.45, 2.75) is 0 Å². The van der Waals surface area contributed by atoms with Crippen LogP contribution in [0.2, 0.25) is 10.0 Å². The lowest BCUT2D eigenvalue weighted by molar-refractivity contribution is -0.112. The topological polar surface area (TPSA) is 101 Å². The summed E-state index contributed by atoms with van der Waals surface area (Å²) in [6.07, 6.45) is 0. The average molecular weight is 359 g/mol. The van der Waals surface area contributed by atoms with E-state index < -0.39 is 17.6 Å². The minimum atomic E-state index is -0.994. The third-order valence-electron chi connectivity index (χ3n) is 2.54. The molecule has 2 rings (SSSR count). The number of nitrogens with one attached hydrogen (secondary N) is 2. The molecular weight excluding hydrogens is 351 g/mol. The predicted octanol–water partition coefficient (Wildman–Crippen LogP) is 2.03. The van der Waals surface area contributed by atoms with Gasteiger partial charge in [-0.2, -0.15) is 0 Å². The van der Waals surface area contributed by atoms with E-state index in [1.165, 1.54) is 19.2 Å². The summed E-state index contributed by atoms with van der Waals surface area (Å²) in [5.74, 6) is -2.56. The van der Waals surface area contributed by atoms with Gasteiger partial charge in [-0.05, 0) is 23.7 Å². The van der Waals surface area contributed by atoms with Gasteiger partial charge in [0.2, 0.25) is 0 Å². The highest BCUT2D eigenvalue weighted by Gasteiger charge is 2.27. The second-order valence-corrected chi connectivity index (χ2v) is 5.48. The number of carbonyl (C=O) groups is 3. The summed E-state index contributed by atoms with van der Waals surface area (Å²) in [6, 6.07) is 4.62. The third kappa shape index (κ3) is 3.24. The molecule has 1 aromatic heterocycles. The van der Waals surface area contributed by atoms with Gasteiger partial charge in [-0.3, -0.25) is 14.4 Å². The molecule has 2 aromatic rings. The molecule has 0 unspecified atom stereocenters. The van der Waals surface area contributed by atoms with E-state index in [9.17, 15) is 14.4 Å². The maximum Gasteiger partial charge on any atom is 0.297 e. The molecular formula is C12H8Cl2N4O3S. The van der Waals surface area contributed by atoms with Crippen molar-refractivity contribution < 1.29 is 14.4 Å². The maximum absolute atomic E-state index is 12.1. The molecule has 0 saturated carbocycles. The highest BCUT2D eigenvalue weighted by Crippen LogP contribution is 2.30. The van der Waals surface area contributed by atoms with Gasteiger partial charge in [0.1, 0.15) is 4.88 Å². The van der Waals surface area contributed by atoms with E-state index >= 15 is 0 Å². The van der Waals surface area contributed by atoms with Crippen LogP contribution in [0, 0.1) is 0 Å². The van der Waals surface area contributed by atoms with E-state index in [1.807, 2.05) is 0 Å². The van der Waals surface area contributed by atoms with Gasteiger partial charge in [-0.1, -0.05) is 33.8 Å². The van der Waals surface area contributed by atoms with Gasteiger partial charge < -0.3 is 10.6 Å². The second kappa shape index (κ2) is 6.82. The molecule has 0 bridgehead atoms. The molecule has 1 heterocycles. The van der Waals surface area contributed by atoms with Gasteiger partial charge in [-0.15, -0.1) is 5.10 Å². The number of rotatable bonds is 4. The van der Waals surface area contributed by atoms with Crippen molar-refractivity contribution in [2.75, 3.05) is 12.4 Å². The van der Waals surface area contributed by atoms with Crippen LogP contribution < -0.4 is 10.6 Å². The van der Waals surface area contributed by atoms with Crippen LogP contribution in [0.3, 0.4) is 0 Å². The van der Waals surface area contributed by atoms with Crippen molar-refractivity contribution in [1.29, 1.82) is 0 Å². The molecule has 2 amide bonds. The Hall–Kier alpha value is -2.03. The molecule has 7 nitrogen and oxygen atoms in total. The van der Waals surface area contributed by atoms with Crippen molar-refractivity contribution in [2.24, 2.45) is 0 Å². The number of nitrogens with zero attached hydrogens (tertiary/aromatic N) is 2. The van der Waals surface area contributed by atoms with Crippen LogP contribution in [-0.4, -0.2) is 34.2 Å². The molecule has 0 spiro atoms. The summed E-state index contributed by atoms with van der Waals surface area (Å²) in [4.78, 5) is 35.5. The normalized spacial score (nSPS) is 10.1. The number of Topliss-reactive ketones (excluding diaryl/α,β-unsaturated/α-hetero) is 1. The molecule has 0 aliphatic carbocycles. The zero-order valence-corrected chi connectivity index (χ0v) is 13.3. The van der Waals surface area contributed by atoms with Crippen molar-refractivity contribution in [1.82, 2.24) is 14.9 Å². The molecule has 0 radical (unpaired) electrons. The summed E-state index contributed by atoms with van der Waals surface area (Å²) in [7, 11) is 1.37. The van der Waals surface area contributed by atoms with Crippen LogP contribution in [0.5, 0.6) is 0 Å². The van der Waals surface area contributed by atoms with Gasteiger partial charge >= 0.3 is 0 Å². The molecule has 10 heteroatoms. The fourth-order valence-corrected chi connectivity index (χ4v) is 2.59. The Bertz CT molecular complexity index is 742. The van der Waals surface area contributed by atoms with E-state index in [4.69, 9.17) is 23.2 Å². The Morgan fingerprint density at radius 1 is 1.18 bits per heavy atom. The summed E-state index contributed by atoms with van der Waals surface area (Å²) in [5.41, 5.74) is -0.0962. The second-order valence-electron chi connectivity index (χ2n) is 3.91. The first-order valence-corrected chi connectivity index (χ1v) is 7.32. The minimum Gasteiger partial charge on any atom is -0.354 e. The van der Waals surface area contributed by atoms with Crippen LogP contribution in [0.25, 0.3) is 0 Å². The number of hydrogen-bond acceptors (Lipinski definition) is 6. The Morgan fingerprint density at radius 2 is 1.82 bits per heavy atom. The lowest BCUT2D eigenvalue weighted by atomic mass is 10.2.